The van der Waals surface area contributed by atoms with Crippen molar-refractivity contribution in [3.63, 3.8) is 0 Å². The van der Waals surface area contributed by atoms with Crippen molar-refractivity contribution >= 4 is 28.9 Å². The summed E-state index contributed by atoms with van der Waals surface area (Å²) in [6, 6.07) is 4.49. The molecule has 0 unspecified atom stereocenters. The molecule has 3 rings (SSSR count). The van der Waals surface area contributed by atoms with E-state index in [1.807, 2.05) is 4.90 Å². The van der Waals surface area contributed by atoms with Gasteiger partial charge in [0.2, 0.25) is 5.95 Å². The van der Waals surface area contributed by atoms with E-state index >= 15 is 0 Å². The Kier molecular flexibility index (Phi) is 6.91. The maximum absolute atomic E-state index is 14.1. The van der Waals surface area contributed by atoms with Gasteiger partial charge in [-0.1, -0.05) is 11.6 Å². The highest BCUT2D eigenvalue weighted by atomic mass is 35.5. The van der Waals surface area contributed by atoms with E-state index < -0.39 is 23.4 Å². The van der Waals surface area contributed by atoms with Crippen molar-refractivity contribution in [3.05, 3.63) is 58.1 Å². The lowest BCUT2D eigenvalue weighted by molar-refractivity contribution is -0.620. The lowest BCUT2D eigenvalue weighted by atomic mass is 10.2. The molecule has 0 amide bonds. The monoisotopic (exact) mass is 460 g/mol. The third kappa shape index (κ3) is 5.79. The molecule has 31 heavy (non-hydrogen) atoms. The van der Waals surface area contributed by atoms with E-state index in [0.717, 1.165) is 10.8 Å². The first kappa shape index (κ1) is 22.7. The molecule has 0 saturated carbocycles. The van der Waals surface area contributed by atoms with Crippen molar-refractivity contribution in [2.24, 2.45) is 0 Å². The summed E-state index contributed by atoms with van der Waals surface area (Å²) in [7, 11) is 0. The third-order valence-corrected chi connectivity index (χ3v) is 4.81. The third-order valence-electron chi connectivity index (χ3n) is 4.57. The molecule has 0 bridgehead atoms. The van der Waals surface area contributed by atoms with Crippen LogP contribution >= 0.6 is 11.6 Å². The van der Waals surface area contributed by atoms with Gasteiger partial charge in [-0.2, -0.15) is 18.2 Å². The van der Waals surface area contributed by atoms with Gasteiger partial charge in [0.1, 0.15) is 17.9 Å². The summed E-state index contributed by atoms with van der Waals surface area (Å²) in [6.45, 7) is 1.90. The lowest BCUT2D eigenvalue weighted by Crippen LogP contribution is -2.78. The average molecular weight is 461 g/mol. The maximum atomic E-state index is 14.1. The van der Waals surface area contributed by atoms with E-state index in [4.69, 9.17) is 17.0 Å². The molecular weight excluding hydrogens is 442 g/mol. The molecule has 0 aliphatic carbocycles. The number of halogens is 5. The molecule has 8 nitrogen and oxygen atoms in total. The zero-order valence-corrected chi connectivity index (χ0v) is 16.9. The molecule has 1 fully saturated rings. The second-order valence-corrected chi connectivity index (χ2v) is 7.10. The van der Waals surface area contributed by atoms with Crippen LogP contribution in [0.4, 0.5) is 29.2 Å². The average Bonchev–Trinajstić information content (AvgIpc) is 2.71. The number of hydrogen-bond donors (Lipinski definition) is 2. The van der Waals surface area contributed by atoms with Crippen molar-refractivity contribution in [2.45, 2.75) is 12.8 Å². The highest BCUT2D eigenvalue weighted by molar-refractivity contribution is 6.30. The number of alkyl halides is 3. The predicted octanol–water partition coefficient (Wildman–Crippen LogP) is 1.37. The number of anilines is 2. The smallest absolute Gasteiger partial charge is 0.366 e. The fourth-order valence-corrected chi connectivity index (χ4v) is 3.10. The van der Waals surface area contributed by atoms with Crippen LogP contribution in [0.1, 0.15) is 0 Å². The number of quaternary nitrogens is 1. The van der Waals surface area contributed by atoms with Gasteiger partial charge in [-0.15, -0.1) is 0 Å². The number of rotatable bonds is 6. The molecule has 1 aliphatic heterocycles. The molecule has 0 radical (unpaired) electrons. The molecule has 2 aromatic rings. The Bertz CT molecular complexity index is 1030. The summed E-state index contributed by atoms with van der Waals surface area (Å²) < 4.78 is 52.0. The van der Waals surface area contributed by atoms with Crippen LogP contribution < -0.4 is 20.8 Å². The Morgan fingerprint density at radius 1 is 1.23 bits per heavy atom. The van der Waals surface area contributed by atoms with Crippen LogP contribution in [0.5, 0.6) is 0 Å². The molecule has 2 heterocycles. The van der Waals surface area contributed by atoms with Gasteiger partial charge in [0, 0.05) is 37.3 Å². The number of piperazine rings is 1. The van der Waals surface area contributed by atoms with Gasteiger partial charge >= 0.3 is 11.9 Å². The van der Waals surface area contributed by atoms with Crippen molar-refractivity contribution in [1.82, 2.24) is 14.5 Å². The minimum atomic E-state index is -4.71. The molecule has 13 heteroatoms. The lowest BCUT2D eigenvalue weighted by Gasteiger charge is -2.36. The van der Waals surface area contributed by atoms with Crippen molar-refractivity contribution in [1.29, 1.82) is 5.41 Å². The van der Waals surface area contributed by atoms with Gasteiger partial charge in [0.15, 0.2) is 6.67 Å². The van der Waals surface area contributed by atoms with Crippen molar-refractivity contribution in [3.8, 4) is 0 Å². The van der Waals surface area contributed by atoms with Crippen LogP contribution in [0.15, 0.2) is 41.6 Å². The highest BCUT2D eigenvalue weighted by Crippen LogP contribution is 2.24. The number of nitrogens with zero attached hydrogens (tertiary/aromatic N) is 5. The Balaban J connectivity index is 1.56. The molecule has 0 atom stereocenters. The maximum Gasteiger partial charge on any atom is 0.432 e. The van der Waals surface area contributed by atoms with Gasteiger partial charge in [-0.05, 0) is 18.2 Å². The van der Waals surface area contributed by atoms with Crippen LogP contribution in [-0.2, 0) is 6.67 Å². The first-order chi connectivity index (χ1) is 14.6. The number of aromatic nitrogens is 3. The fraction of sp³-hybridized carbons (Fsp3) is 0.333. The zero-order chi connectivity index (χ0) is 22.6. The second-order valence-electron chi connectivity index (χ2n) is 6.67. The van der Waals surface area contributed by atoms with Crippen molar-refractivity contribution in [2.75, 3.05) is 36.0 Å². The summed E-state index contributed by atoms with van der Waals surface area (Å²) in [5, 5.41) is 8.45. The van der Waals surface area contributed by atoms with Crippen LogP contribution in [0.3, 0.4) is 0 Å². The number of hydrogen-bond acceptors (Lipinski definition) is 6. The predicted molar refractivity (Wildman–Crippen MR) is 107 cm³/mol. The van der Waals surface area contributed by atoms with E-state index in [-0.39, 0.29) is 12.6 Å². The van der Waals surface area contributed by atoms with E-state index in [0.29, 0.717) is 43.0 Å². The quantitative estimate of drug-likeness (QED) is 0.501. The molecular formula is C18H19ClF4N7O+. The Morgan fingerprint density at radius 2 is 1.90 bits per heavy atom. The number of nitrogens with two attached hydrogens (primary N) is 1. The van der Waals surface area contributed by atoms with Gasteiger partial charge in [0.05, 0.1) is 11.9 Å². The van der Waals surface area contributed by atoms with Gasteiger partial charge < -0.3 is 15.1 Å². The largest absolute Gasteiger partial charge is 0.432 e. The second kappa shape index (κ2) is 9.43. The number of benzene rings is 1. The topological polar surface area (TPSA) is 94.7 Å². The highest BCUT2D eigenvalue weighted by Gasteiger charge is 2.32. The molecule has 1 aliphatic rings. The number of allylic oxidation sites excluding steroid dienone is 1. The molecule has 1 aromatic carbocycles. The van der Waals surface area contributed by atoms with Gasteiger partial charge in [0.25, 0.3) is 0 Å². The van der Waals surface area contributed by atoms with Gasteiger partial charge in [-0.25, -0.2) is 18.7 Å². The zero-order valence-electron chi connectivity index (χ0n) is 16.1. The SMILES string of the molecule is N=C(/C=C\[NH2+]Cn1cnc(N2CCN(c3ccc(Cl)cc3F)CC2)nc1=O)C(F)(F)F. The van der Waals surface area contributed by atoms with E-state index in [2.05, 4.69) is 9.97 Å². The normalized spacial score (nSPS) is 15.0. The summed E-state index contributed by atoms with van der Waals surface area (Å²) in [5.41, 5.74) is -1.64. The Labute approximate surface area is 179 Å². The summed E-state index contributed by atoms with van der Waals surface area (Å²) >= 11 is 5.78. The van der Waals surface area contributed by atoms with Crippen LogP contribution in [0.25, 0.3) is 0 Å². The number of nitrogens with one attached hydrogen (secondary N) is 1. The fourth-order valence-electron chi connectivity index (χ4n) is 2.95. The standard InChI is InChI=1S/C18H18ClF4N7O/c19-12-1-2-14(13(20)9-12)28-5-7-29(8-6-28)16-26-11-30(17(31)27-16)10-25-4-3-15(24)18(21,22)23/h1-4,9,11,24-25H,5-8,10H2/p+1/b4-3-,24-15?. The van der Waals surface area contributed by atoms with E-state index in [9.17, 15) is 22.4 Å². The molecule has 0 spiro atoms. The molecule has 1 aromatic heterocycles. The van der Waals surface area contributed by atoms with Crippen LogP contribution in [0.2, 0.25) is 5.02 Å². The summed E-state index contributed by atoms with van der Waals surface area (Å²) in [5.74, 6) is -0.178. The summed E-state index contributed by atoms with van der Waals surface area (Å²) in [4.78, 5) is 23.9. The first-order valence-electron chi connectivity index (χ1n) is 9.19. The summed E-state index contributed by atoms with van der Waals surface area (Å²) in [6.07, 6.45) is -1.81. The molecule has 166 valence electrons. The Morgan fingerprint density at radius 3 is 2.52 bits per heavy atom. The van der Waals surface area contributed by atoms with Crippen LogP contribution in [0, 0.1) is 11.2 Å². The van der Waals surface area contributed by atoms with Crippen LogP contribution in [-0.4, -0.2) is 52.6 Å². The van der Waals surface area contributed by atoms with E-state index in [1.165, 1.54) is 17.7 Å². The molecule has 1 saturated heterocycles. The van der Waals surface area contributed by atoms with Crippen molar-refractivity contribution < 1.29 is 22.9 Å². The minimum Gasteiger partial charge on any atom is -0.366 e. The van der Waals surface area contributed by atoms with Gasteiger partial charge in [-0.3, -0.25) is 5.41 Å². The minimum absolute atomic E-state index is 0.0373. The Hall–Kier alpha value is -2.99. The molecule has 3 N–H and O–H groups in total. The van der Waals surface area contributed by atoms with E-state index in [1.54, 1.807) is 17.0 Å². The first-order valence-corrected chi connectivity index (χ1v) is 9.57.